The number of rotatable bonds is 5. The Kier molecular flexibility index (Phi) is 4.45. The van der Waals surface area contributed by atoms with Crippen LogP contribution in [-0.4, -0.2) is 26.4 Å². The smallest absolute Gasteiger partial charge is 0.319 e. The molecule has 2 amide bonds. The van der Waals surface area contributed by atoms with Gasteiger partial charge in [0.05, 0.1) is 11.7 Å². The lowest BCUT2D eigenvalue weighted by Gasteiger charge is -2.11. The van der Waals surface area contributed by atoms with Crippen LogP contribution in [0.4, 0.5) is 10.5 Å². The highest BCUT2D eigenvalue weighted by molar-refractivity contribution is 5.92. The van der Waals surface area contributed by atoms with E-state index < -0.39 is 0 Å². The Balaban J connectivity index is 1.60. The average Bonchev–Trinajstić information content (AvgIpc) is 3.14. The molecule has 0 radical (unpaired) electrons. The van der Waals surface area contributed by atoms with Crippen LogP contribution in [0.25, 0.3) is 10.9 Å². The summed E-state index contributed by atoms with van der Waals surface area (Å²) in [4.78, 5) is 16.4. The van der Waals surface area contributed by atoms with Crippen LogP contribution in [0.15, 0.2) is 28.9 Å². The summed E-state index contributed by atoms with van der Waals surface area (Å²) in [5, 5.41) is 17.2. The predicted molar refractivity (Wildman–Crippen MR) is 89.5 cm³/mol. The lowest BCUT2D eigenvalue weighted by Crippen LogP contribution is -2.31. The maximum atomic E-state index is 12.1. The Morgan fingerprint density at radius 2 is 2.17 bits per heavy atom. The highest BCUT2D eigenvalue weighted by atomic mass is 16.5. The molecule has 0 spiro atoms. The van der Waals surface area contributed by atoms with E-state index in [0.29, 0.717) is 23.3 Å². The Morgan fingerprint density at radius 1 is 1.33 bits per heavy atom. The second-order valence-corrected chi connectivity index (χ2v) is 6.14. The van der Waals surface area contributed by atoms with Gasteiger partial charge < -0.3 is 15.2 Å². The van der Waals surface area contributed by atoms with Crippen LogP contribution in [-0.2, 0) is 6.42 Å². The number of anilines is 1. The van der Waals surface area contributed by atoms with Gasteiger partial charge in [0.25, 0.3) is 0 Å². The quantitative estimate of drug-likeness (QED) is 0.667. The number of fused-ring (bicyclic) bond motifs is 1. The van der Waals surface area contributed by atoms with E-state index in [2.05, 4.69) is 44.8 Å². The Morgan fingerprint density at radius 3 is 2.96 bits per heavy atom. The van der Waals surface area contributed by atoms with Crippen molar-refractivity contribution in [3.63, 3.8) is 0 Å². The molecule has 24 heavy (non-hydrogen) atoms. The van der Waals surface area contributed by atoms with Gasteiger partial charge in [-0.15, -0.1) is 0 Å². The normalized spacial score (nSPS) is 12.5. The molecule has 2 aromatic heterocycles. The van der Waals surface area contributed by atoms with Crippen molar-refractivity contribution in [3.05, 3.63) is 36.1 Å². The van der Waals surface area contributed by atoms with Gasteiger partial charge in [0, 0.05) is 17.5 Å². The van der Waals surface area contributed by atoms with Crippen molar-refractivity contribution < 1.29 is 9.32 Å². The minimum Gasteiger partial charge on any atom is -0.337 e. The van der Waals surface area contributed by atoms with Crippen LogP contribution in [0.1, 0.15) is 38.5 Å². The van der Waals surface area contributed by atoms with E-state index in [0.717, 1.165) is 17.3 Å². The van der Waals surface area contributed by atoms with Gasteiger partial charge in [0.1, 0.15) is 6.04 Å². The van der Waals surface area contributed by atoms with E-state index in [9.17, 15) is 4.79 Å². The van der Waals surface area contributed by atoms with Crippen LogP contribution in [0.2, 0.25) is 0 Å². The molecule has 1 atom stereocenters. The van der Waals surface area contributed by atoms with Crippen molar-refractivity contribution in [2.75, 3.05) is 5.32 Å². The third-order valence-electron chi connectivity index (χ3n) is 3.49. The van der Waals surface area contributed by atoms with Gasteiger partial charge in [0.2, 0.25) is 5.89 Å². The molecule has 0 aliphatic rings. The summed E-state index contributed by atoms with van der Waals surface area (Å²) < 4.78 is 5.21. The molecule has 2 heterocycles. The van der Waals surface area contributed by atoms with E-state index in [1.54, 1.807) is 19.2 Å². The second-order valence-electron chi connectivity index (χ2n) is 6.14. The molecular formula is C16H20N6O2. The van der Waals surface area contributed by atoms with Gasteiger partial charge >= 0.3 is 6.03 Å². The lowest BCUT2D eigenvalue weighted by molar-refractivity contribution is 0.245. The average molecular weight is 328 g/mol. The predicted octanol–water partition coefficient (Wildman–Crippen LogP) is 3.03. The number of aromatic nitrogens is 4. The molecule has 0 unspecified atom stereocenters. The van der Waals surface area contributed by atoms with Crippen LogP contribution >= 0.6 is 0 Å². The molecule has 0 saturated carbocycles. The standard InChI is InChI=1S/C16H20N6O2/c1-9(2)6-14-20-15(24-22-14)10(3)18-16(23)19-12-4-5-13-11(7-12)8-17-21-13/h4-5,7-10H,6H2,1-3H3,(H,17,21)(H2,18,19,23)/t10-/m1/s1. The SMILES string of the molecule is CC(C)Cc1noc([C@@H](C)NC(=O)Nc2ccc3[nH]ncc3c2)n1. The first-order valence-corrected chi connectivity index (χ1v) is 7.84. The molecular weight excluding hydrogens is 308 g/mol. The molecule has 1 aromatic carbocycles. The Labute approximate surface area is 139 Å². The summed E-state index contributed by atoms with van der Waals surface area (Å²) in [7, 11) is 0. The van der Waals surface area contributed by atoms with Gasteiger partial charge in [-0.05, 0) is 31.0 Å². The summed E-state index contributed by atoms with van der Waals surface area (Å²) in [6.07, 6.45) is 2.45. The third kappa shape index (κ3) is 3.70. The van der Waals surface area contributed by atoms with E-state index in [4.69, 9.17) is 4.52 Å². The third-order valence-corrected chi connectivity index (χ3v) is 3.49. The zero-order chi connectivity index (χ0) is 17.1. The highest BCUT2D eigenvalue weighted by Gasteiger charge is 2.17. The topological polar surface area (TPSA) is 109 Å². The number of carbonyl (C=O) groups is 1. The summed E-state index contributed by atoms with van der Waals surface area (Å²) >= 11 is 0. The highest BCUT2D eigenvalue weighted by Crippen LogP contribution is 2.17. The summed E-state index contributed by atoms with van der Waals surface area (Å²) in [6, 6.07) is 4.79. The lowest BCUT2D eigenvalue weighted by atomic mass is 10.1. The van der Waals surface area contributed by atoms with Gasteiger partial charge in [0.15, 0.2) is 5.82 Å². The first kappa shape index (κ1) is 16.0. The fourth-order valence-corrected chi connectivity index (χ4v) is 2.34. The van der Waals surface area contributed by atoms with Crippen molar-refractivity contribution in [1.29, 1.82) is 0 Å². The molecule has 0 fully saturated rings. The van der Waals surface area contributed by atoms with Gasteiger partial charge in [-0.2, -0.15) is 10.1 Å². The van der Waals surface area contributed by atoms with Gasteiger partial charge in [-0.3, -0.25) is 5.10 Å². The number of H-pyrrole nitrogens is 1. The number of nitrogens with one attached hydrogen (secondary N) is 3. The first-order chi connectivity index (χ1) is 11.5. The van der Waals surface area contributed by atoms with Crippen LogP contribution < -0.4 is 10.6 Å². The van der Waals surface area contributed by atoms with Gasteiger partial charge in [-0.25, -0.2) is 4.79 Å². The minimum absolute atomic E-state index is 0.339. The number of carbonyl (C=O) groups excluding carboxylic acids is 1. The van der Waals surface area contributed by atoms with Crippen molar-refractivity contribution in [1.82, 2.24) is 25.7 Å². The second kappa shape index (κ2) is 6.69. The molecule has 0 aliphatic heterocycles. The largest absolute Gasteiger partial charge is 0.337 e. The van der Waals surface area contributed by atoms with E-state index in [1.807, 2.05) is 12.1 Å². The number of amides is 2. The van der Waals surface area contributed by atoms with Crippen molar-refractivity contribution in [2.24, 2.45) is 5.92 Å². The minimum atomic E-state index is -0.379. The van der Waals surface area contributed by atoms with Crippen LogP contribution in [0.3, 0.4) is 0 Å². The first-order valence-electron chi connectivity index (χ1n) is 7.84. The van der Waals surface area contributed by atoms with E-state index in [-0.39, 0.29) is 12.1 Å². The fraction of sp³-hybridized carbons (Fsp3) is 0.375. The molecule has 3 rings (SSSR count). The molecule has 0 saturated heterocycles. The fourth-order valence-electron chi connectivity index (χ4n) is 2.34. The molecule has 3 N–H and O–H groups in total. The summed E-state index contributed by atoms with van der Waals surface area (Å²) in [5.41, 5.74) is 1.59. The Hall–Kier alpha value is -2.90. The zero-order valence-electron chi connectivity index (χ0n) is 13.8. The van der Waals surface area contributed by atoms with Crippen molar-refractivity contribution in [3.8, 4) is 0 Å². The van der Waals surface area contributed by atoms with Crippen molar-refractivity contribution in [2.45, 2.75) is 33.2 Å². The van der Waals surface area contributed by atoms with Crippen LogP contribution in [0, 0.1) is 5.92 Å². The molecule has 126 valence electrons. The monoisotopic (exact) mass is 328 g/mol. The number of urea groups is 1. The number of aromatic amines is 1. The molecule has 3 aromatic rings. The van der Waals surface area contributed by atoms with E-state index in [1.165, 1.54) is 0 Å². The maximum Gasteiger partial charge on any atom is 0.319 e. The molecule has 0 bridgehead atoms. The van der Waals surface area contributed by atoms with E-state index >= 15 is 0 Å². The number of benzene rings is 1. The zero-order valence-corrected chi connectivity index (χ0v) is 13.8. The molecule has 0 aliphatic carbocycles. The van der Waals surface area contributed by atoms with Crippen molar-refractivity contribution >= 4 is 22.6 Å². The molecule has 8 nitrogen and oxygen atoms in total. The molecule has 8 heteroatoms. The summed E-state index contributed by atoms with van der Waals surface area (Å²) in [5.74, 6) is 1.49. The maximum absolute atomic E-state index is 12.1. The van der Waals surface area contributed by atoms with Crippen LogP contribution in [0.5, 0.6) is 0 Å². The number of nitrogens with zero attached hydrogens (tertiary/aromatic N) is 3. The number of hydrogen-bond acceptors (Lipinski definition) is 5. The number of hydrogen-bond donors (Lipinski definition) is 3. The Bertz CT molecular complexity index is 838. The summed E-state index contributed by atoms with van der Waals surface area (Å²) in [6.45, 7) is 5.97. The van der Waals surface area contributed by atoms with Gasteiger partial charge in [-0.1, -0.05) is 19.0 Å².